The van der Waals surface area contributed by atoms with Crippen LogP contribution >= 0.6 is 0 Å². The molecule has 8 nitrogen and oxygen atoms in total. The van der Waals surface area contributed by atoms with E-state index in [0.29, 0.717) is 23.6 Å². The molecule has 1 aliphatic rings. The number of rotatable bonds is 7. The Kier molecular flexibility index (Phi) is 7.59. The van der Waals surface area contributed by atoms with Gasteiger partial charge in [-0.25, -0.2) is 4.98 Å². The molecule has 5 rings (SSSR count). The zero-order valence-corrected chi connectivity index (χ0v) is 25.4. The number of Topliss-reactive ketones (excluding diaryl/α,β-unsaturated/α-hetero) is 2. The third-order valence-corrected chi connectivity index (χ3v) is 7.92. The first kappa shape index (κ1) is 29.9. The highest BCUT2D eigenvalue weighted by Gasteiger charge is 2.41. The minimum absolute atomic E-state index is 0.0501. The number of carbonyl (C=O) groups excluding carboxylic acids is 2. The molecule has 8 heteroatoms. The number of fused-ring (bicyclic) bond motifs is 2. The van der Waals surface area contributed by atoms with Crippen LogP contribution in [-0.2, 0) is 17.3 Å². The number of para-hydroxylation sites is 1. The van der Waals surface area contributed by atoms with Crippen molar-refractivity contribution in [2.75, 3.05) is 6.61 Å². The quantitative estimate of drug-likeness (QED) is 0.103. The number of nitrogens with zero attached hydrogens (tertiary/aromatic N) is 2. The van der Waals surface area contributed by atoms with Crippen LogP contribution in [-0.4, -0.2) is 33.2 Å². The molecule has 43 heavy (non-hydrogen) atoms. The number of carbonyl (C=O) groups is 2. The maximum absolute atomic E-state index is 13.2. The molecule has 1 aliphatic carbocycles. The molecule has 222 valence electrons. The van der Waals surface area contributed by atoms with Crippen LogP contribution in [0.5, 0.6) is 11.5 Å². The van der Waals surface area contributed by atoms with Gasteiger partial charge >= 0.3 is 0 Å². The molecule has 0 saturated heterocycles. The summed E-state index contributed by atoms with van der Waals surface area (Å²) in [5, 5.41) is 23.0. The number of aromatic nitrogens is 1. The molecule has 0 spiro atoms. The highest BCUT2D eigenvalue weighted by molar-refractivity contribution is 6.29. The fourth-order valence-corrected chi connectivity index (χ4v) is 5.62. The Bertz CT molecular complexity index is 1740. The molecule has 1 aromatic heterocycles. The van der Waals surface area contributed by atoms with Gasteiger partial charge in [-0.3, -0.25) is 19.7 Å². The summed E-state index contributed by atoms with van der Waals surface area (Å²) in [5.74, 6) is -1.16. The van der Waals surface area contributed by atoms with Crippen molar-refractivity contribution in [1.82, 2.24) is 4.98 Å². The van der Waals surface area contributed by atoms with Crippen molar-refractivity contribution >= 4 is 28.2 Å². The molecule has 1 heterocycles. The average Bonchev–Trinajstić information content (AvgIpc) is 3.19. The number of nitro groups is 1. The van der Waals surface area contributed by atoms with Crippen LogP contribution in [0.3, 0.4) is 0 Å². The van der Waals surface area contributed by atoms with Crippen LogP contribution in [0.1, 0.15) is 97.0 Å². The van der Waals surface area contributed by atoms with Gasteiger partial charge in [-0.15, -0.1) is 0 Å². The van der Waals surface area contributed by atoms with Crippen molar-refractivity contribution in [1.29, 1.82) is 0 Å². The summed E-state index contributed by atoms with van der Waals surface area (Å²) in [6.45, 7) is 13.0. The number of ether oxygens (including phenoxy) is 1. The third kappa shape index (κ3) is 5.74. The van der Waals surface area contributed by atoms with Gasteiger partial charge in [0.25, 0.3) is 5.69 Å². The average molecular weight is 581 g/mol. The van der Waals surface area contributed by atoms with Crippen LogP contribution in [0.15, 0.2) is 60.7 Å². The molecule has 0 saturated carbocycles. The molecule has 0 fully saturated rings. The summed E-state index contributed by atoms with van der Waals surface area (Å²) in [6.07, 6.45) is 1.48. The fraction of sp³-hybridized carbons (Fsp3) is 0.343. The minimum Gasteiger partial charge on any atom is -0.507 e. The van der Waals surface area contributed by atoms with Gasteiger partial charge in [-0.2, -0.15) is 0 Å². The first-order valence-corrected chi connectivity index (χ1v) is 14.4. The van der Waals surface area contributed by atoms with E-state index in [2.05, 4.69) is 53.7 Å². The summed E-state index contributed by atoms with van der Waals surface area (Å²) in [6, 6.07) is 16.9. The van der Waals surface area contributed by atoms with E-state index in [1.54, 1.807) is 12.1 Å². The summed E-state index contributed by atoms with van der Waals surface area (Å²) in [5.41, 5.74) is 3.38. The van der Waals surface area contributed by atoms with Crippen molar-refractivity contribution in [2.24, 2.45) is 0 Å². The molecule has 1 atom stereocenters. The van der Waals surface area contributed by atoms with E-state index in [-0.39, 0.29) is 33.3 Å². The largest absolute Gasteiger partial charge is 0.507 e. The lowest BCUT2D eigenvalue weighted by Gasteiger charge is -2.28. The molecule has 0 amide bonds. The molecule has 0 bridgehead atoms. The molecule has 0 aliphatic heterocycles. The number of pyridine rings is 1. The summed E-state index contributed by atoms with van der Waals surface area (Å²) < 4.78 is 6.18. The lowest BCUT2D eigenvalue weighted by atomic mass is 9.78. The maximum atomic E-state index is 13.2. The number of non-ortho nitro benzene ring substituents is 1. The van der Waals surface area contributed by atoms with Crippen molar-refractivity contribution in [3.05, 3.63) is 104 Å². The third-order valence-electron chi connectivity index (χ3n) is 7.92. The van der Waals surface area contributed by atoms with E-state index in [4.69, 9.17) is 9.72 Å². The van der Waals surface area contributed by atoms with E-state index in [1.807, 2.05) is 18.2 Å². The van der Waals surface area contributed by atoms with Crippen molar-refractivity contribution < 1.29 is 24.4 Å². The Hall–Kier alpha value is -4.59. The van der Waals surface area contributed by atoms with Gasteiger partial charge in [0.1, 0.15) is 22.9 Å². The predicted octanol–water partition coefficient (Wildman–Crippen LogP) is 7.62. The van der Waals surface area contributed by atoms with E-state index in [9.17, 15) is 24.8 Å². The first-order chi connectivity index (χ1) is 20.2. The van der Waals surface area contributed by atoms with Crippen LogP contribution < -0.4 is 4.74 Å². The van der Waals surface area contributed by atoms with Crippen molar-refractivity contribution in [2.45, 2.75) is 71.1 Å². The van der Waals surface area contributed by atoms with Gasteiger partial charge in [0.2, 0.25) is 0 Å². The van der Waals surface area contributed by atoms with Crippen LogP contribution in [0, 0.1) is 10.1 Å². The molecule has 1 N–H and O–H groups in total. The van der Waals surface area contributed by atoms with Gasteiger partial charge in [0.15, 0.2) is 11.6 Å². The topological polar surface area (TPSA) is 120 Å². The number of benzene rings is 3. The van der Waals surface area contributed by atoms with Crippen LogP contribution in [0.25, 0.3) is 10.9 Å². The summed E-state index contributed by atoms with van der Waals surface area (Å²) >= 11 is 0. The summed E-state index contributed by atoms with van der Waals surface area (Å²) in [7, 11) is 0. The lowest BCUT2D eigenvalue weighted by molar-refractivity contribution is -0.384. The van der Waals surface area contributed by atoms with Gasteiger partial charge in [0.05, 0.1) is 17.2 Å². The number of phenolic OH excluding ortho intramolecular Hbond substituents is 1. The highest BCUT2D eigenvalue weighted by atomic mass is 16.6. The van der Waals surface area contributed by atoms with Crippen LogP contribution in [0.2, 0.25) is 0 Å². The second-order valence-electron chi connectivity index (χ2n) is 13.2. The normalized spacial score (nSPS) is 15.2. The van der Waals surface area contributed by atoms with Crippen LogP contribution in [0.4, 0.5) is 5.69 Å². The number of nitro benzene ring substituents is 1. The predicted molar refractivity (Wildman–Crippen MR) is 166 cm³/mol. The molecular formula is C35H36N2O6. The van der Waals surface area contributed by atoms with Gasteiger partial charge < -0.3 is 9.84 Å². The molecule has 3 aromatic carbocycles. The SMILES string of the molecule is CC(C)(C)c1cc(CCCOc2cccc3ccc(C4C(=O)c5ccc([N+](=O)[O-])cc5C4=O)nc23)cc(C(C)(C)C)c1O. The van der Waals surface area contributed by atoms with E-state index < -0.39 is 22.4 Å². The smallest absolute Gasteiger partial charge is 0.270 e. The Labute approximate surface area is 250 Å². The fourth-order valence-electron chi connectivity index (χ4n) is 5.62. The Morgan fingerprint density at radius 3 is 2.16 bits per heavy atom. The number of phenols is 1. The first-order valence-electron chi connectivity index (χ1n) is 14.4. The molecular weight excluding hydrogens is 544 g/mol. The monoisotopic (exact) mass is 580 g/mol. The highest BCUT2D eigenvalue weighted by Crippen LogP contribution is 2.40. The summed E-state index contributed by atoms with van der Waals surface area (Å²) in [4.78, 5) is 41.7. The van der Waals surface area contributed by atoms with Gasteiger partial charge in [-0.05, 0) is 58.6 Å². The zero-order valence-electron chi connectivity index (χ0n) is 25.4. The van der Waals surface area contributed by atoms with E-state index in [0.717, 1.165) is 41.0 Å². The molecule has 4 aromatic rings. The Morgan fingerprint density at radius 1 is 0.884 bits per heavy atom. The zero-order chi connectivity index (χ0) is 31.3. The second-order valence-corrected chi connectivity index (χ2v) is 13.2. The Balaban J connectivity index is 1.36. The maximum Gasteiger partial charge on any atom is 0.270 e. The van der Waals surface area contributed by atoms with E-state index >= 15 is 0 Å². The number of ketones is 2. The number of aromatic hydroxyl groups is 1. The lowest BCUT2D eigenvalue weighted by Crippen LogP contribution is -2.18. The van der Waals surface area contributed by atoms with Crippen molar-refractivity contribution in [3.8, 4) is 11.5 Å². The van der Waals surface area contributed by atoms with E-state index in [1.165, 1.54) is 12.1 Å². The van der Waals surface area contributed by atoms with Gasteiger partial charge in [-0.1, -0.05) is 71.9 Å². The molecule has 0 radical (unpaired) electrons. The number of aryl methyl sites for hydroxylation is 1. The number of hydrogen-bond acceptors (Lipinski definition) is 7. The number of hydrogen-bond donors (Lipinski definition) is 1. The minimum atomic E-state index is -1.15. The van der Waals surface area contributed by atoms with Crippen molar-refractivity contribution in [3.63, 3.8) is 0 Å². The Morgan fingerprint density at radius 2 is 1.53 bits per heavy atom. The standard InChI is InChI=1S/C35H36N2O6/c1-34(2,3)25-17-20(18-26(33(25)40)35(4,5)6)9-8-16-43-28-11-7-10-21-12-15-27(36-30(21)28)29-31(38)23-14-13-22(37(41)42)19-24(23)32(29)39/h7,10-15,17-19,29,40H,8-9,16H2,1-6H3. The second kappa shape index (κ2) is 10.9. The van der Waals surface area contributed by atoms with Gasteiger partial charge in [0, 0.05) is 28.6 Å². The molecule has 1 unspecified atom stereocenters.